The predicted octanol–water partition coefficient (Wildman–Crippen LogP) is 4.07. The second kappa shape index (κ2) is 7.09. The van der Waals surface area contributed by atoms with Crippen LogP contribution in [0.2, 0.25) is 0 Å². The highest BCUT2D eigenvalue weighted by Gasteiger charge is 2.24. The molecule has 1 aliphatic rings. The summed E-state index contributed by atoms with van der Waals surface area (Å²) >= 11 is 3.15. The minimum atomic E-state index is -0.103. The van der Waals surface area contributed by atoms with E-state index in [2.05, 4.69) is 10.3 Å². The van der Waals surface area contributed by atoms with Gasteiger partial charge in [0.05, 0.1) is 26.7 Å². The monoisotopic (exact) mass is 383 g/mol. The van der Waals surface area contributed by atoms with Crippen molar-refractivity contribution >= 4 is 56.5 Å². The van der Waals surface area contributed by atoms with E-state index in [1.165, 1.54) is 0 Å². The SMILES string of the molecule is Cc1nc2ccc(NC(=O)CCN3C(=O)CSc4ccccc43)cc2s1. The highest BCUT2D eigenvalue weighted by molar-refractivity contribution is 8.00. The Morgan fingerprint density at radius 1 is 1.27 bits per heavy atom. The Balaban J connectivity index is 1.42. The molecule has 0 unspecified atom stereocenters. The molecule has 0 radical (unpaired) electrons. The zero-order valence-corrected chi connectivity index (χ0v) is 15.8. The normalized spacial score (nSPS) is 13.7. The Morgan fingerprint density at radius 3 is 3.00 bits per heavy atom. The van der Waals surface area contributed by atoms with Gasteiger partial charge in [-0.05, 0) is 37.3 Å². The van der Waals surface area contributed by atoms with Crippen molar-refractivity contribution in [2.75, 3.05) is 22.5 Å². The number of carbonyl (C=O) groups excluding carboxylic acids is 2. The number of para-hydroxylation sites is 1. The Labute approximate surface area is 159 Å². The van der Waals surface area contributed by atoms with E-state index >= 15 is 0 Å². The summed E-state index contributed by atoms with van der Waals surface area (Å²) in [6.07, 6.45) is 0.254. The molecule has 0 atom stereocenters. The van der Waals surface area contributed by atoms with Crippen LogP contribution in [0.1, 0.15) is 11.4 Å². The molecule has 5 nitrogen and oxygen atoms in total. The van der Waals surface area contributed by atoms with Crippen LogP contribution in [0.25, 0.3) is 10.2 Å². The number of nitrogens with zero attached hydrogens (tertiary/aromatic N) is 2. The zero-order valence-electron chi connectivity index (χ0n) is 14.2. The summed E-state index contributed by atoms with van der Waals surface area (Å²) in [5, 5.41) is 3.92. The number of thiazole rings is 1. The van der Waals surface area contributed by atoms with Crippen LogP contribution < -0.4 is 10.2 Å². The molecule has 132 valence electrons. The zero-order chi connectivity index (χ0) is 18.1. The fourth-order valence-electron chi connectivity index (χ4n) is 2.95. The van der Waals surface area contributed by atoms with E-state index in [-0.39, 0.29) is 18.2 Å². The van der Waals surface area contributed by atoms with E-state index in [4.69, 9.17) is 0 Å². The van der Waals surface area contributed by atoms with Gasteiger partial charge in [0.1, 0.15) is 0 Å². The molecular formula is C19H17N3O2S2. The Kier molecular flexibility index (Phi) is 4.65. The van der Waals surface area contributed by atoms with Gasteiger partial charge >= 0.3 is 0 Å². The molecule has 4 rings (SSSR count). The van der Waals surface area contributed by atoms with Gasteiger partial charge in [0.25, 0.3) is 0 Å². The van der Waals surface area contributed by atoms with Crippen molar-refractivity contribution in [1.29, 1.82) is 0 Å². The molecule has 1 aliphatic heterocycles. The van der Waals surface area contributed by atoms with Crippen molar-refractivity contribution in [2.24, 2.45) is 0 Å². The van der Waals surface area contributed by atoms with Crippen LogP contribution in [0.5, 0.6) is 0 Å². The van der Waals surface area contributed by atoms with Crippen molar-refractivity contribution in [2.45, 2.75) is 18.2 Å². The number of benzene rings is 2. The average molecular weight is 383 g/mol. The van der Waals surface area contributed by atoms with Gasteiger partial charge in [0.15, 0.2) is 0 Å². The van der Waals surface area contributed by atoms with E-state index in [1.807, 2.05) is 49.4 Å². The van der Waals surface area contributed by atoms with Crippen LogP contribution in [-0.4, -0.2) is 29.1 Å². The molecular weight excluding hydrogens is 366 g/mol. The first-order valence-electron chi connectivity index (χ1n) is 8.29. The van der Waals surface area contributed by atoms with Crippen LogP contribution in [0.4, 0.5) is 11.4 Å². The number of fused-ring (bicyclic) bond motifs is 2. The minimum absolute atomic E-state index is 0.0445. The molecule has 2 heterocycles. The first-order chi connectivity index (χ1) is 12.6. The van der Waals surface area contributed by atoms with Crippen molar-refractivity contribution in [3.8, 4) is 0 Å². The van der Waals surface area contributed by atoms with Crippen LogP contribution >= 0.6 is 23.1 Å². The third kappa shape index (κ3) is 3.45. The van der Waals surface area contributed by atoms with Crippen molar-refractivity contribution in [1.82, 2.24) is 4.98 Å². The average Bonchev–Trinajstić information content (AvgIpc) is 3.00. The fraction of sp³-hybridized carbons (Fsp3) is 0.211. The van der Waals surface area contributed by atoms with Gasteiger partial charge < -0.3 is 10.2 Å². The number of nitrogens with one attached hydrogen (secondary N) is 1. The number of hydrogen-bond acceptors (Lipinski definition) is 5. The predicted molar refractivity (Wildman–Crippen MR) is 107 cm³/mol. The molecule has 3 aromatic rings. The van der Waals surface area contributed by atoms with Crippen LogP contribution in [0.3, 0.4) is 0 Å². The molecule has 2 amide bonds. The largest absolute Gasteiger partial charge is 0.326 e. The molecule has 0 spiro atoms. The summed E-state index contributed by atoms with van der Waals surface area (Å²) in [4.78, 5) is 31.8. The fourth-order valence-corrected chi connectivity index (χ4v) is 4.76. The molecule has 0 fully saturated rings. The molecule has 0 saturated heterocycles. The van der Waals surface area contributed by atoms with E-state index in [0.717, 1.165) is 31.5 Å². The Hall–Kier alpha value is -2.38. The number of thioether (sulfide) groups is 1. The number of rotatable bonds is 4. The molecule has 2 aromatic carbocycles. The smallest absolute Gasteiger partial charge is 0.237 e. The summed E-state index contributed by atoms with van der Waals surface area (Å²) in [7, 11) is 0. The Bertz CT molecular complexity index is 999. The molecule has 7 heteroatoms. The quantitative estimate of drug-likeness (QED) is 0.738. The molecule has 1 N–H and O–H groups in total. The number of hydrogen-bond donors (Lipinski definition) is 1. The minimum Gasteiger partial charge on any atom is -0.326 e. The van der Waals surface area contributed by atoms with Gasteiger partial charge in [0.2, 0.25) is 11.8 Å². The standard InChI is InChI=1S/C19H17N3O2S2/c1-12-20-14-7-6-13(10-17(14)26-12)21-18(23)8-9-22-15-4-2-3-5-16(15)25-11-19(22)24/h2-7,10H,8-9,11H2,1H3,(H,21,23). The number of carbonyl (C=O) groups is 2. The summed E-state index contributed by atoms with van der Waals surface area (Å²) < 4.78 is 1.05. The summed E-state index contributed by atoms with van der Waals surface area (Å²) in [5.74, 6) is 0.359. The lowest BCUT2D eigenvalue weighted by molar-refractivity contribution is -0.117. The lowest BCUT2D eigenvalue weighted by Gasteiger charge is -2.28. The van der Waals surface area contributed by atoms with Gasteiger partial charge in [-0.1, -0.05) is 12.1 Å². The van der Waals surface area contributed by atoms with Crippen LogP contribution in [0.15, 0.2) is 47.4 Å². The first-order valence-corrected chi connectivity index (χ1v) is 10.1. The maximum absolute atomic E-state index is 12.3. The topological polar surface area (TPSA) is 62.3 Å². The van der Waals surface area contributed by atoms with Gasteiger partial charge in [-0.25, -0.2) is 4.98 Å². The third-order valence-corrected chi connectivity index (χ3v) is 6.13. The van der Waals surface area contributed by atoms with Gasteiger partial charge in [-0.2, -0.15) is 0 Å². The van der Waals surface area contributed by atoms with Crippen molar-refractivity contribution in [3.63, 3.8) is 0 Å². The highest BCUT2D eigenvalue weighted by Crippen LogP contribution is 2.35. The number of aromatic nitrogens is 1. The second-order valence-corrected chi connectivity index (χ2v) is 8.27. The van der Waals surface area contributed by atoms with E-state index in [9.17, 15) is 9.59 Å². The van der Waals surface area contributed by atoms with E-state index < -0.39 is 0 Å². The molecule has 1 aromatic heterocycles. The van der Waals surface area contributed by atoms with Gasteiger partial charge in [0, 0.05) is 23.5 Å². The van der Waals surface area contributed by atoms with Crippen LogP contribution in [-0.2, 0) is 9.59 Å². The third-order valence-electron chi connectivity index (χ3n) is 4.15. The van der Waals surface area contributed by atoms with E-state index in [0.29, 0.717) is 12.3 Å². The molecule has 26 heavy (non-hydrogen) atoms. The van der Waals surface area contributed by atoms with Crippen LogP contribution in [0, 0.1) is 6.92 Å². The van der Waals surface area contributed by atoms with Gasteiger partial charge in [-0.3, -0.25) is 9.59 Å². The summed E-state index contributed by atoms with van der Waals surface area (Å²) in [6.45, 7) is 2.35. The number of amides is 2. The van der Waals surface area contributed by atoms with Gasteiger partial charge in [-0.15, -0.1) is 23.1 Å². The van der Waals surface area contributed by atoms with Crippen molar-refractivity contribution < 1.29 is 9.59 Å². The number of anilines is 2. The number of aryl methyl sites for hydroxylation is 1. The lowest BCUT2D eigenvalue weighted by Crippen LogP contribution is -2.37. The maximum atomic E-state index is 12.3. The highest BCUT2D eigenvalue weighted by atomic mass is 32.2. The lowest BCUT2D eigenvalue weighted by atomic mass is 10.2. The molecule has 0 saturated carbocycles. The molecule has 0 bridgehead atoms. The second-order valence-electron chi connectivity index (χ2n) is 6.02. The summed E-state index contributed by atoms with van der Waals surface area (Å²) in [6, 6.07) is 13.5. The first kappa shape index (κ1) is 17.1. The summed E-state index contributed by atoms with van der Waals surface area (Å²) in [5.41, 5.74) is 2.59. The maximum Gasteiger partial charge on any atom is 0.237 e. The Morgan fingerprint density at radius 2 is 2.12 bits per heavy atom. The van der Waals surface area contributed by atoms with E-state index in [1.54, 1.807) is 28.0 Å². The van der Waals surface area contributed by atoms with Crippen molar-refractivity contribution in [3.05, 3.63) is 47.5 Å². The molecule has 0 aliphatic carbocycles.